The number of amides is 1. The zero-order chi connectivity index (χ0) is 29.0. The predicted octanol–water partition coefficient (Wildman–Crippen LogP) is 7.06. The van der Waals surface area contributed by atoms with Crippen LogP contribution in [0.4, 0.5) is 5.69 Å². The van der Waals surface area contributed by atoms with Gasteiger partial charge in [-0.15, -0.1) is 0 Å². The van der Waals surface area contributed by atoms with E-state index in [1.165, 1.54) is 0 Å². The highest BCUT2D eigenvalue weighted by Crippen LogP contribution is 2.51. The summed E-state index contributed by atoms with van der Waals surface area (Å²) >= 11 is 3.62. The first kappa shape index (κ1) is 28.3. The molecule has 2 N–H and O–H groups in total. The number of ketones is 2. The molecule has 0 unspecified atom stereocenters. The minimum atomic E-state index is -0.420. The largest absolute Gasteiger partial charge is 0.483 e. The number of hydrogen-bond donors (Lipinski definition) is 2. The smallest absolute Gasteiger partial charge is 0.262 e. The molecule has 210 valence electrons. The van der Waals surface area contributed by atoms with E-state index in [0.29, 0.717) is 34.2 Å². The van der Waals surface area contributed by atoms with E-state index in [-0.39, 0.29) is 34.9 Å². The van der Waals surface area contributed by atoms with Gasteiger partial charge >= 0.3 is 0 Å². The Balaban J connectivity index is 1.42. The highest BCUT2D eigenvalue weighted by Gasteiger charge is 2.46. The summed E-state index contributed by atoms with van der Waals surface area (Å²) in [6.07, 6.45) is 2.41. The molecule has 7 heteroatoms. The van der Waals surface area contributed by atoms with Gasteiger partial charge in [0.15, 0.2) is 18.2 Å². The van der Waals surface area contributed by atoms with E-state index in [0.717, 1.165) is 46.6 Å². The number of nitrogens with one attached hydrogen (secondary N) is 2. The Kier molecular flexibility index (Phi) is 7.32. The van der Waals surface area contributed by atoms with Gasteiger partial charge in [0.25, 0.3) is 5.91 Å². The summed E-state index contributed by atoms with van der Waals surface area (Å²) in [7, 11) is 0. The highest BCUT2D eigenvalue weighted by atomic mass is 79.9. The van der Waals surface area contributed by atoms with Crippen LogP contribution in [0.25, 0.3) is 0 Å². The summed E-state index contributed by atoms with van der Waals surface area (Å²) in [5.74, 6) is 0.0253. The quantitative estimate of drug-likeness (QED) is 0.382. The van der Waals surface area contributed by atoms with Crippen LogP contribution in [0.3, 0.4) is 0 Å². The average Bonchev–Trinajstić information content (AvgIpc) is 2.82. The number of benzene rings is 2. The Morgan fingerprint density at radius 3 is 2.08 bits per heavy atom. The van der Waals surface area contributed by atoms with Crippen molar-refractivity contribution in [2.75, 3.05) is 11.9 Å². The van der Waals surface area contributed by atoms with E-state index >= 15 is 0 Å². The van der Waals surface area contributed by atoms with Gasteiger partial charge in [0.1, 0.15) is 5.75 Å². The number of dihydropyridines is 1. The fourth-order valence-corrected chi connectivity index (χ4v) is 6.83. The second-order valence-electron chi connectivity index (χ2n) is 13.1. The standard InChI is InChI=1S/C33H37BrN2O4/c1-18-7-9-22(19(2)11-18)36-28(39)17-40-27-10-8-20(12-21(27)34)29-30-23(13-32(3,4)15-25(30)37)35-24-14-33(5,6)16-26(38)31(24)29/h7-12,29,35H,13-17H2,1-6H3,(H,36,39). The van der Waals surface area contributed by atoms with Crippen LogP contribution in [0.5, 0.6) is 5.75 Å². The predicted molar refractivity (Wildman–Crippen MR) is 160 cm³/mol. The molecule has 5 rings (SSSR count). The minimum Gasteiger partial charge on any atom is -0.483 e. The fraction of sp³-hybridized carbons (Fsp3) is 0.424. The maximum atomic E-state index is 13.5. The molecule has 0 fully saturated rings. The Labute approximate surface area is 244 Å². The first-order chi connectivity index (χ1) is 18.7. The maximum absolute atomic E-state index is 13.5. The molecule has 0 radical (unpaired) electrons. The minimum absolute atomic E-state index is 0.0902. The monoisotopic (exact) mass is 604 g/mol. The molecule has 1 heterocycles. The lowest BCUT2D eigenvalue weighted by atomic mass is 9.64. The second kappa shape index (κ2) is 10.3. The van der Waals surface area contributed by atoms with Gasteiger partial charge in [-0.25, -0.2) is 0 Å². The Morgan fingerprint density at radius 2 is 1.52 bits per heavy atom. The molecular formula is C33H37BrN2O4. The van der Waals surface area contributed by atoms with Crippen LogP contribution in [-0.4, -0.2) is 24.1 Å². The Bertz CT molecular complexity index is 1450. The van der Waals surface area contributed by atoms with E-state index in [9.17, 15) is 14.4 Å². The van der Waals surface area contributed by atoms with Crippen LogP contribution in [0.15, 0.2) is 63.4 Å². The SMILES string of the molecule is Cc1ccc(NC(=O)COc2ccc(C3C4=C(CC(C)(C)CC4=O)NC4=C3C(=O)CC(C)(C)C4)cc2Br)c(C)c1. The van der Waals surface area contributed by atoms with E-state index in [4.69, 9.17) is 4.74 Å². The summed E-state index contributed by atoms with van der Waals surface area (Å²) in [6.45, 7) is 12.3. The number of rotatable bonds is 5. The maximum Gasteiger partial charge on any atom is 0.262 e. The van der Waals surface area contributed by atoms with Crippen molar-refractivity contribution in [2.45, 2.75) is 73.1 Å². The van der Waals surface area contributed by atoms with Crippen molar-refractivity contribution in [3.05, 3.63) is 80.1 Å². The molecule has 3 aliphatic rings. The lowest BCUT2D eigenvalue weighted by molar-refractivity contribution is -0.119. The fourth-order valence-electron chi connectivity index (χ4n) is 6.32. The normalized spacial score (nSPS) is 20.1. The molecule has 2 aliphatic carbocycles. The number of Topliss-reactive ketones (excluding diaryl/α,β-unsaturated/α-hetero) is 2. The molecule has 0 atom stereocenters. The highest BCUT2D eigenvalue weighted by molar-refractivity contribution is 9.10. The topological polar surface area (TPSA) is 84.5 Å². The molecule has 1 aliphatic heterocycles. The van der Waals surface area contributed by atoms with Gasteiger partial charge in [0.05, 0.1) is 4.47 Å². The molecule has 0 aromatic heterocycles. The van der Waals surface area contributed by atoms with Crippen LogP contribution in [-0.2, 0) is 14.4 Å². The first-order valence-electron chi connectivity index (χ1n) is 13.8. The number of carbonyl (C=O) groups is 3. The number of carbonyl (C=O) groups excluding carboxylic acids is 3. The van der Waals surface area contributed by atoms with Gasteiger partial charge in [-0.1, -0.05) is 51.5 Å². The van der Waals surface area contributed by atoms with Crippen molar-refractivity contribution in [3.63, 3.8) is 0 Å². The molecule has 0 spiro atoms. The van der Waals surface area contributed by atoms with Crippen LogP contribution >= 0.6 is 15.9 Å². The van der Waals surface area contributed by atoms with Gasteiger partial charge in [0, 0.05) is 47.0 Å². The number of halogens is 1. The van der Waals surface area contributed by atoms with Crippen molar-refractivity contribution in [2.24, 2.45) is 10.8 Å². The van der Waals surface area contributed by atoms with E-state index in [2.05, 4.69) is 54.3 Å². The molecular weight excluding hydrogens is 568 g/mol. The second-order valence-corrected chi connectivity index (χ2v) is 13.9. The summed E-state index contributed by atoms with van der Waals surface area (Å²) in [5, 5.41) is 6.45. The summed E-state index contributed by atoms with van der Waals surface area (Å²) in [5.41, 5.74) is 6.75. The van der Waals surface area contributed by atoms with Crippen LogP contribution < -0.4 is 15.4 Å². The third-order valence-electron chi connectivity index (χ3n) is 8.02. The third-order valence-corrected chi connectivity index (χ3v) is 8.64. The van der Waals surface area contributed by atoms with Crippen molar-refractivity contribution in [3.8, 4) is 5.75 Å². The average molecular weight is 606 g/mol. The zero-order valence-electron chi connectivity index (χ0n) is 24.1. The third kappa shape index (κ3) is 5.67. The summed E-state index contributed by atoms with van der Waals surface area (Å²) in [4.78, 5) is 39.7. The lowest BCUT2D eigenvalue weighted by Gasteiger charge is -2.44. The van der Waals surface area contributed by atoms with E-state index < -0.39 is 5.92 Å². The van der Waals surface area contributed by atoms with Crippen LogP contribution in [0.2, 0.25) is 0 Å². The molecule has 2 aromatic rings. The van der Waals surface area contributed by atoms with Crippen molar-refractivity contribution < 1.29 is 19.1 Å². The molecule has 1 amide bonds. The number of anilines is 1. The molecule has 2 aromatic carbocycles. The molecule has 6 nitrogen and oxygen atoms in total. The first-order valence-corrected chi connectivity index (χ1v) is 14.6. The number of hydrogen-bond acceptors (Lipinski definition) is 5. The lowest BCUT2D eigenvalue weighted by Crippen LogP contribution is -2.42. The van der Waals surface area contributed by atoms with Crippen molar-refractivity contribution in [1.82, 2.24) is 5.32 Å². The molecule has 0 saturated carbocycles. The summed E-state index contributed by atoms with van der Waals surface area (Å²) in [6, 6.07) is 11.5. The molecule has 0 saturated heterocycles. The van der Waals surface area contributed by atoms with Gasteiger partial charge in [-0.2, -0.15) is 0 Å². The van der Waals surface area contributed by atoms with Gasteiger partial charge in [0.2, 0.25) is 0 Å². The molecule has 0 bridgehead atoms. The number of ether oxygens (including phenoxy) is 1. The summed E-state index contributed by atoms with van der Waals surface area (Å²) < 4.78 is 6.52. The van der Waals surface area contributed by atoms with Crippen LogP contribution in [0.1, 0.15) is 76.0 Å². The van der Waals surface area contributed by atoms with Gasteiger partial charge in [-0.05, 0) is 82.8 Å². The van der Waals surface area contributed by atoms with Crippen molar-refractivity contribution in [1.29, 1.82) is 0 Å². The van der Waals surface area contributed by atoms with Crippen molar-refractivity contribution >= 4 is 39.1 Å². The zero-order valence-corrected chi connectivity index (χ0v) is 25.7. The number of allylic oxidation sites excluding steroid dienone is 4. The van der Waals surface area contributed by atoms with Gasteiger partial charge in [-0.3, -0.25) is 14.4 Å². The van der Waals surface area contributed by atoms with E-state index in [1.807, 2.05) is 44.2 Å². The Morgan fingerprint density at radius 1 is 0.925 bits per heavy atom. The molecule has 40 heavy (non-hydrogen) atoms. The Hall–Kier alpha value is -3.19. The number of aryl methyl sites for hydroxylation is 2. The van der Waals surface area contributed by atoms with E-state index in [1.54, 1.807) is 6.07 Å². The van der Waals surface area contributed by atoms with Gasteiger partial charge < -0.3 is 15.4 Å². The van der Waals surface area contributed by atoms with Crippen LogP contribution in [0, 0.1) is 24.7 Å².